The maximum Gasteiger partial charge on any atom is 0.359 e. The van der Waals surface area contributed by atoms with Crippen molar-refractivity contribution >= 4 is 34.0 Å². The summed E-state index contributed by atoms with van der Waals surface area (Å²) in [5.41, 5.74) is 1.44. The molecular weight excluding hydrogens is 408 g/mol. The van der Waals surface area contributed by atoms with Crippen LogP contribution in [0.1, 0.15) is 37.7 Å². The Morgan fingerprint density at radius 1 is 1.00 bits per heavy atom. The van der Waals surface area contributed by atoms with Gasteiger partial charge in [-0.05, 0) is 50.6 Å². The standard InChI is InChI=1S/C24H28N4O4/c1-4-15-28-23(30)20-10-8-7-9-19(20)22(26-28)24(31)32-16-21(29)25-17-11-13-18(14-12-17)27(5-2)6-3/h7-14H,4-6,15-16H2,1-3H3,(H,25,29). The minimum absolute atomic E-state index is 0.0185. The number of hydrogen-bond donors (Lipinski definition) is 1. The second-order valence-corrected chi connectivity index (χ2v) is 7.27. The lowest BCUT2D eigenvalue weighted by Gasteiger charge is -2.21. The minimum atomic E-state index is -0.752. The van der Waals surface area contributed by atoms with Gasteiger partial charge >= 0.3 is 5.97 Å². The maximum atomic E-state index is 12.7. The van der Waals surface area contributed by atoms with E-state index in [0.717, 1.165) is 18.8 Å². The average molecular weight is 437 g/mol. The molecule has 0 saturated carbocycles. The molecule has 0 aliphatic rings. The maximum absolute atomic E-state index is 12.7. The number of nitrogens with one attached hydrogen (secondary N) is 1. The summed E-state index contributed by atoms with van der Waals surface area (Å²) in [6, 6.07) is 14.2. The molecule has 8 heteroatoms. The van der Waals surface area contributed by atoms with Gasteiger partial charge in [-0.2, -0.15) is 5.10 Å². The Bertz CT molecular complexity index is 1150. The molecule has 0 atom stereocenters. The van der Waals surface area contributed by atoms with Gasteiger partial charge in [0, 0.05) is 36.4 Å². The molecule has 0 radical (unpaired) electrons. The van der Waals surface area contributed by atoms with Crippen molar-refractivity contribution in [3.8, 4) is 0 Å². The number of fused-ring (bicyclic) bond motifs is 1. The molecular formula is C24H28N4O4. The molecule has 2 aromatic carbocycles. The van der Waals surface area contributed by atoms with Crippen LogP contribution in [0.5, 0.6) is 0 Å². The highest BCUT2D eigenvalue weighted by Gasteiger charge is 2.19. The summed E-state index contributed by atoms with van der Waals surface area (Å²) in [6.45, 7) is 7.80. The highest BCUT2D eigenvalue weighted by molar-refractivity contribution is 6.03. The monoisotopic (exact) mass is 436 g/mol. The number of anilines is 2. The van der Waals surface area contributed by atoms with Gasteiger partial charge in [0.25, 0.3) is 11.5 Å². The van der Waals surface area contributed by atoms with E-state index in [1.165, 1.54) is 4.68 Å². The van der Waals surface area contributed by atoms with Crippen LogP contribution in [0.15, 0.2) is 53.3 Å². The first kappa shape index (κ1) is 23.0. The molecule has 1 amide bonds. The van der Waals surface area contributed by atoms with Gasteiger partial charge in [0.2, 0.25) is 0 Å². The van der Waals surface area contributed by atoms with Crippen molar-refractivity contribution in [3.63, 3.8) is 0 Å². The lowest BCUT2D eigenvalue weighted by atomic mass is 10.1. The van der Waals surface area contributed by atoms with Gasteiger partial charge in [-0.3, -0.25) is 9.59 Å². The number of aryl methyl sites for hydroxylation is 1. The molecule has 1 aromatic heterocycles. The van der Waals surface area contributed by atoms with E-state index in [-0.39, 0.29) is 11.3 Å². The smallest absolute Gasteiger partial charge is 0.359 e. The summed E-state index contributed by atoms with van der Waals surface area (Å²) in [4.78, 5) is 39.7. The fourth-order valence-corrected chi connectivity index (χ4v) is 3.49. The summed E-state index contributed by atoms with van der Waals surface area (Å²) in [5, 5.41) is 7.70. The molecule has 0 aliphatic carbocycles. The quantitative estimate of drug-likeness (QED) is 0.517. The van der Waals surface area contributed by atoms with Crippen LogP contribution in [0, 0.1) is 0 Å². The zero-order valence-electron chi connectivity index (χ0n) is 18.6. The molecule has 0 unspecified atom stereocenters. The SMILES string of the molecule is CCCn1nc(C(=O)OCC(=O)Nc2ccc(N(CC)CC)cc2)c2ccccc2c1=O. The number of aromatic nitrogens is 2. The van der Waals surface area contributed by atoms with Crippen molar-refractivity contribution < 1.29 is 14.3 Å². The fraction of sp³-hybridized carbons (Fsp3) is 0.333. The third kappa shape index (κ3) is 5.14. The topological polar surface area (TPSA) is 93.5 Å². The number of ether oxygens (including phenoxy) is 1. The minimum Gasteiger partial charge on any atom is -0.451 e. The zero-order chi connectivity index (χ0) is 23.1. The normalized spacial score (nSPS) is 10.7. The second-order valence-electron chi connectivity index (χ2n) is 7.27. The summed E-state index contributed by atoms with van der Waals surface area (Å²) < 4.78 is 6.46. The number of carbonyl (C=O) groups is 2. The van der Waals surface area contributed by atoms with Crippen LogP contribution in [-0.2, 0) is 16.1 Å². The van der Waals surface area contributed by atoms with Crippen molar-refractivity contribution in [2.24, 2.45) is 0 Å². The Morgan fingerprint density at radius 3 is 2.28 bits per heavy atom. The molecule has 0 aliphatic heterocycles. The number of amides is 1. The highest BCUT2D eigenvalue weighted by Crippen LogP contribution is 2.18. The number of hydrogen-bond acceptors (Lipinski definition) is 6. The molecule has 3 aromatic rings. The van der Waals surface area contributed by atoms with Crippen LogP contribution in [0.2, 0.25) is 0 Å². The van der Waals surface area contributed by atoms with E-state index in [4.69, 9.17) is 4.74 Å². The summed E-state index contributed by atoms with van der Waals surface area (Å²) in [5.74, 6) is -1.21. The van der Waals surface area contributed by atoms with E-state index in [9.17, 15) is 14.4 Å². The Kier molecular flexibility index (Phi) is 7.59. The number of carbonyl (C=O) groups excluding carboxylic acids is 2. The van der Waals surface area contributed by atoms with Crippen molar-refractivity contribution in [1.29, 1.82) is 0 Å². The molecule has 168 valence electrons. The molecule has 0 fully saturated rings. The van der Waals surface area contributed by atoms with Gasteiger partial charge in [-0.15, -0.1) is 0 Å². The summed E-state index contributed by atoms with van der Waals surface area (Å²) in [6.07, 6.45) is 0.690. The molecule has 3 rings (SSSR count). The number of benzene rings is 2. The van der Waals surface area contributed by atoms with E-state index in [1.807, 2.05) is 31.2 Å². The van der Waals surface area contributed by atoms with Crippen molar-refractivity contribution in [2.45, 2.75) is 33.7 Å². The molecule has 1 heterocycles. The molecule has 0 spiro atoms. The predicted molar refractivity (Wildman–Crippen MR) is 125 cm³/mol. The van der Waals surface area contributed by atoms with E-state index >= 15 is 0 Å². The number of nitrogens with zero attached hydrogens (tertiary/aromatic N) is 3. The van der Waals surface area contributed by atoms with Crippen molar-refractivity contribution in [2.75, 3.05) is 29.9 Å². The van der Waals surface area contributed by atoms with Crippen LogP contribution in [0.4, 0.5) is 11.4 Å². The Hall–Kier alpha value is -3.68. The van der Waals surface area contributed by atoms with Crippen LogP contribution < -0.4 is 15.8 Å². The van der Waals surface area contributed by atoms with Crippen LogP contribution in [0.3, 0.4) is 0 Å². The lowest BCUT2D eigenvalue weighted by molar-refractivity contribution is -0.119. The van der Waals surface area contributed by atoms with Crippen molar-refractivity contribution in [3.05, 3.63) is 64.6 Å². The highest BCUT2D eigenvalue weighted by atomic mass is 16.5. The lowest BCUT2D eigenvalue weighted by Crippen LogP contribution is -2.27. The first-order valence-electron chi connectivity index (χ1n) is 10.8. The van der Waals surface area contributed by atoms with Gasteiger partial charge in [-0.25, -0.2) is 9.48 Å². The first-order chi connectivity index (χ1) is 15.5. The molecule has 8 nitrogen and oxygen atoms in total. The third-order valence-electron chi connectivity index (χ3n) is 5.11. The first-order valence-corrected chi connectivity index (χ1v) is 10.8. The Balaban J connectivity index is 1.69. The van der Waals surface area contributed by atoms with Crippen LogP contribution >= 0.6 is 0 Å². The van der Waals surface area contributed by atoms with E-state index in [2.05, 4.69) is 29.2 Å². The Labute approximate surface area is 186 Å². The van der Waals surface area contributed by atoms with Gasteiger partial charge < -0.3 is 15.0 Å². The largest absolute Gasteiger partial charge is 0.451 e. The third-order valence-corrected chi connectivity index (χ3v) is 5.11. The van der Waals surface area contributed by atoms with E-state index in [1.54, 1.807) is 24.3 Å². The molecule has 32 heavy (non-hydrogen) atoms. The number of esters is 1. The fourth-order valence-electron chi connectivity index (χ4n) is 3.49. The zero-order valence-corrected chi connectivity index (χ0v) is 18.6. The average Bonchev–Trinajstić information content (AvgIpc) is 2.81. The van der Waals surface area contributed by atoms with Crippen LogP contribution in [-0.4, -0.2) is 41.4 Å². The summed E-state index contributed by atoms with van der Waals surface area (Å²) >= 11 is 0. The summed E-state index contributed by atoms with van der Waals surface area (Å²) in [7, 11) is 0. The van der Waals surface area contributed by atoms with Gasteiger partial charge in [-0.1, -0.05) is 25.1 Å². The van der Waals surface area contributed by atoms with Crippen molar-refractivity contribution in [1.82, 2.24) is 9.78 Å². The Morgan fingerprint density at radius 2 is 1.66 bits per heavy atom. The molecule has 1 N–H and O–H groups in total. The predicted octanol–water partition coefficient (Wildman–Crippen LogP) is 3.45. The van der Waals surface area contributed by atoms with Gasteiger partial charge in [0.15, 0.2) is 12.3 Å². The van der Waals surface area contributed by atoms with Gasteiger partial charge in [0.1, 0.15) is 0 Å². The van der Waals surface area contributed by atoms with Gasteiger partial charge in [0.05, 0.1) is 5.39 Å². The second kappa shape index (κ2) is 10.6. The molecule has 0 bridgehead atoms. The van der Waals surface area contributed by atoms with E-state index < -0.39 is 18.5 Å². The molecule has 0 saturated heterocycles. The number of rotatable bonds is 9. The van der Waals surface area contributed by atoms with Crippen LogP contribution in [0.25, 0.3) is 10.8 Å². The van der Waals surface area contributed by atoms with E-state index in [0.29, 0.717) is 29.4 Å².